The van der Waals surface area contributed by atoms with Gasteiger partial charge < -0.3 is 20.5 Å². The minimum atomic E-state index is -0.545. The van der Waals surface area contributed by atoms with Gasteiger partial charge in [0, 0.05) is 12.8 Å². The van der Waals surface area contributed by atoms with E-state index in [1.807, 2.05) is 42.5 Å². The highest BCUT2D eigenvalue weighted by Crippen LogP contribution is 2.31. The summed E-state index contributed by atoms with van der Waals surface area (Å²) in [6.07, 6.45) is 11.4. The van der Waals surface area contributed by atoms with Gasteiger partial charge in [0.2, 0.25) is 11.8 Å². The van der Waals surface area contributed by atoms with Gasteiger partial charge in [0.15, 0.2) is 0 Å². The predicted octanol–water partition coefficient (Wildman–Crippen LogP) is 3.21. The fourth-order valence-corrected chi connectivity index (χ4v) is 4.77. The Labute approximate surface area is 202 Å². The number of allylic oxidation sites excluding steroid dienone is 2. The van der Waals surface area contributed by atoms with E-state index >= 15 is 0 Å². The van der Waals surface area contributed by atoms with Gasteiger partial charge in [-0.05, 0) is 50.5 Å². The van der Waals surface area contributed by atoms with Gasteiger partial charge in [-0.3, -0.25) is 14.4 Å². The van der Waals surface area contributed by atoms with E-state index in [2.05, 4.69) is 10.6 Å². The van der Waals surface area contributed by atoms with E-state index in [0.717, 1.165) is 50.5 Å². The van der Waals surface area contributed by atoms with Gasteiger partial charge in [0.05, 0.1) is 24.1 Å². The number of aliphatic hydroxyl groups is 1. The zero-order valence-corrected chi connectivity index (χ0v) is 20.0. The van der Waals surface area contributed by atoms with Crippen molar-refractivity contribution in [1.29, 1.82) is 0 Å². The topological polar surface area (TPSA) is 105 Å². The van der Waals surface area contributed by atoms with Crippen molar-refractivity contribution in [1.82, 2.24) is 10.6 Å². The fraction of sp³-hybridized carbons (Fsp3) is 0.593. The van der Waals surface area contributed by atoms with Gasteiger partial charge in [0.1, 0.15) is 6.61 Å². The van der Waals surface area contributed by atoms with Crippen LogP contribution in [0.1, 0.15) is 69.8 Å². The van der Waals surface area contributed by atoms with Crippen LogP contribution in [0.2, 0.25) is 0 Å². The maximum Gasteiger partial charge on any atom is 0.305 e. The molecule has 2 atom stereocenters. The van der Waals surface area contributed by atoms with Crippen LogP contribution in [-0.4, -0.2) is 47.7 Å². The molecule has 0 bridgehead atoms. The lowest BCUT2D eigenvalue weighted by molar-refractivity contribution is -0.147. The van der Waals surface area contributed by atoms with Gasteiger partial charge in [-0.25, -0.2) is 0 Å². The second-order valence-corrected chi connectivity index (χ2v) is 9.63. The number of amides is 2. The molecule has 1 fully saturated rings. The van der Waals surface area contributed by atoms with Crippen LogP contribution in [0.25, 0.3) is 0 Å². The number of nitrogens with one attached hydrogen (secondary N) is 2. The van der Waals surface area contributed by atoms with Crippen LogP contribution >= 0.6 is 0 Å². The molecule has 1 aromatic carbocycles. The van der Waals surface area contributed by atoms with Crippen molar-refractivity contribution >= 4 is 17.8 Å². The van der Waals surface area contributed by atoms with E-state index in [1.165, 1.54) is 0 Å². The van der Waals surface area contributed by atoms with Crippen molar-refractivity contribution in [3.8, 4) is 0 Å². The number of rotatable bonds is 6. The molecule has 3 N–H and O–H groups in total. The Balaban J connectivity index is 1.66. The standard InChI is InChI=1S/C27H38N2O5/c30-19-23(17-21-11-5-4-6-12-21)28-24(31)18-22-13-7-2-1-3-8-14-25(32)34-20-27(29-26(22)33)15-9-10-16-27/h2,4-7,11-12,22-23,30H,1,3,8-10,13-20H2,(H,28,31)(H,29,33)/t22-,23+/m1/s1. The Morgan fingerprint density at radius 2 is 1.88 bits per heavy atom. The number of aliphatic hydroxyl groups excluding tert-OH is 1. The summed E-state index contributed by atoms with van der Waals surface area (Å²) >= 11 is 0. The molecule has 7 nitrogen and oxygen atoms in total. The van der Waals surface area contributed by atoms with Crippen molar-refractivity contribution in [3.05, 3.63) is 48.0 Å². The SMILES string of the molecule is O=C(C[C@H]1CC=CCCCCC(=O)OCC2(CCCC2)NC1=O)N[C@H](CO)Cc1ccccc1. The first-order valence-electron chi connectivity index (χ1n) is 12.6. The first-order chi connectivity index (χ1) is 16.5. The molecular weight excluding hydrogens is 432 g/mol. The molecule has 0 aromatic heterocycles. The van der Waals surface area contributed by atoms with Crippen LogP contribution in [0, 0.1) is 5.92 Å². The third-order valence-electron chi connectivity index (χ3n) is 6.76. The Kier molecular flexibility index (Phi) is 10.1. The number of hydrogen-bond donors (Lipinski definition) is 3. The van der Waals surface area contributed by atoms with Crippen molar-refractivity contribution in [2.45, 2.75) is 82.2 Å². The third-order valence-corrected chi connectivity index (χ3v) is 6.76. The maximum absolute atomic E-state index is 13.3. The molecule has 0 unspecified atom stereocenters. The molecule has 186 valence electrons. The molecule has 2 aliphatic rings. The highest BCUT2D eigenvalue weighted by molar-refractivity contribution is 5.86. The van der Waals surface area contributed by atoms with E-state index < -0.39 is 17.5 Å². The number of benzene rings is 1. The van der Waals surface area contributed by atoms with Crippen molar-refractivity contribution in [2.24, 2.45) is 5.92 Å². The van der Waals surface area contributed by atoms with E-state index in [9.17, 15) is 19.5 Å². The normalized spacial score (nSPS) is 22.4. The number of carbonyl (C=O) groups is 3. The zero-order chi connectivity index (χ0) is 24.2. The minimum Gasteiger partial charge on any atom is -0.463 e. The van der Waals surface area contributed by atoms with Crippen LogP contribution in [0.15, 0.2) is 42.5 Å². The molecule has 1 spiro atoms. The highest BCUT2D eigenvalue weighted by Gasteiger charge is 2.38. The molecule has 0 saturated heterocycles. The third kappa shape index (κ3) is 8.28. The minimum absolute atomic E-state index is 0.0390. The van der Waals surface area contributed by atoms with Crippen LogP contribution in [-0.2, 0) is 25.5 Å². The molecule has 1 heterocycles. The molecule has 1 aromatic rings. The van der Waals surface area contributed by atoms with E-state index in [4.69, 9.17) is 4.74 Å². The second-order valence-electron chi connectivity index (χ2n) is 9.63. The molecule has 1 aliphatic heterocycles. The largest absolute Gasteiger partial charge is 0.463 e. The molecule has 2 amide bonds. The summed E-state index contributed by atoms with van der Waals surface area (Å²) in [5.74, 6) is -1.18. The van der Waals surface area contributed by atoms with Gasteiger partial charge in [-0.2, -0.15) is 0 Å². The number of esters is 1. The predicted molar refractivity (Wildman–Crippen MR) is 130 cm³/mol. The van der Waals surface area contributed by atoms with Crippen LogP contribution in [0.3, 0.4) is 0 Å². The lowest BCUT2D eigenvalue weighted by atomic mass is 9.93. The number of carbonyl (C=O) groups excluding carboxylic acids is 3. The summed E-state index contributed by atoms with van der Waals surface area (Å²) in [7, 11) is 0. The lowest BCUT2D eigenvalue weighted by Gasteiger charge is -2.31. The summed E-state index contributed by atoms with van der Waals surface area (Å²) < 4.78 is 5.53. The van der Waals surface area contributed by atoms with Crippen molar-refractivity contribution < 1.29 is 24.2 Å². The van der Waals surface area contributed by atoms with Gasteiger partial charge in [0.25, 0.3) is 0 Å². The Morgan fingerprint density at radius 1 is 1.12 bits per heavy atom. The Hall–Kier alpha value is -2.67. The molecule has 1 aliphatic carbocycles. The zero-order valence-electron chi connectivity index (χ0n) is 20.0. The first kappa shape index (κ1) is 25.9. The smallest absolute Gasteiger partial charge is 0.305 e. The van der Waals surface area contributed by atoms with Crippen molar-refractivity contribution in [2.75, 3.05) is 13.2 Å². The summed E-state index contributed by atoms with van der Waals surface area (Å²) in [6.45, 7) is 0.0157. The monoisotopic (exact) mass is 470 g/mol. The summed E-state index contributed by atoms with van der Waals surface area (Å²) in [6, 6.07) is 9.28. The molecule has 3 rings (SSSR count). The average molecular weight is 471 g/mol. The van der Waals surface area contributed by atoms with Crippen LogP contribution in [0.4, 0.5) is 0 Å². The molecule has 1 saturated carbocycles. The van der Waals surface area contributed by atoms with E-state index in [1.54, 1.807) is 0 Å². The average Bonchev–Trinajstić information content (AvgIpc) is 3.29. The number of ether oxygens (including phenoxy) is 1. The van der Waals surface area contributed by atoms with Crippen molar-refractivity contribution in [3.63, 3.8) is 0 Å². The van der Waals surface area contributed by atoms with Gasteiger partial charge >= 0.3 is 5.97 Å². The Bertz CT molecular complexity index is 833. The summed E-state index contributed by atoms with van der Waals surface area (Å²) in [4.78, 5) is 38.3. The quantitative estimate of drug-likeness (QED) is 0.437. The first-order valence-corrected chi connectivity index (χ1v) is 12.6. The van der Waals surface area contributed by atoms with E-state index in [-0.39, 0.29) is 37.4 Å². The second kappa shape index (κ2) is 13.3. The number of cyclic esters (lactones) is 1. The van der Waals surface area contributed by atoms with Crippen LogP contribution in [0.5, 0.6) is 0 Å². The van der Waals surface area contributed by atoms with Crippen LogP contribution < -0.4 is 10.6 Å². The van der Waals surface area contributed by atoms with Gasteiger partial charge in [-0.15, -0.1) is 0 Å². The molecule has 7 heteroatoms. The van der Waals surface area contributed by atoms with Gasteiger partial charge in [-0.1, -0.05) is 55.3 Å². The summed E-state index contributed by atoms with van der Waals surface area (Å²) in [5, 5.41) is 15.8. The molecular formula is C27H38N2O5. The summed E-state index contributed by atoms with van der Waals surface area (Å²) in [5.41, 5.74) is 0.481. The Morgan fingerprint density at radius 3 is 2.62 bits per heavy atom. The fourth-order valence-electron chi connectivity index (χ4n) is 4.77. The number of hydrogen-bond acceptors (Lipinski definition) is 5. The van der Waals surface area contributed by atoms with E-state index in [0.29, 0.717) is 19.3 Å². The molecule has 0 radical (unpaired) electrons. The highest BCUT2D eigenvalue weighted by atomic mass is 16.5. The lowest BCUT2D eigenvalue weighted by Crippen LogP contribution is -2.52. The molecule has 34 heavy (non-hydrogen) atoms. The maximum atomic E-state index is 13.3.